The Balaban J connectivity index is 1.35. The maximum atomic E-state index is 12.4. The molecule has 6 nitrogen and oxygen atoms in total. The molecule has 1 amide bonds. The number of rotatable bonds is 8. The number of nitrogens with zero attached hydrogens (tertiary/aromatic N) is 4. The summed E-state index contributed by atoms with van der Waals surface area (Å²) in [6, 6.07) is 18.2. The summed E-state index contributed by atoms with van der Waals surface area (Å²) >= 11 is 2.88. The van der Waals surface area contributed by atoms with E-state index < -0.39 is 0 Å². The zero-order chi connectivity index (χ0) is 20.1. The van der Waals surface area contributed by atoms with E-state index >= 15 is 0 Å². The average Bonchev–Trinajstić information content (AvgIpc) is 3.34. The lowest BCUT2D eigenvalue weighted by molar-refractivity contribution is -0.113. The van der Waals surface area contributed by atoms with Crippen LogP contribution in [0.4, 0.5) is 5.13 Å². The third-order valence-electron chi connectivity index (χ3n) is 4.46. The highest BCUT2D eigenvalue weighted by Gasteiger charge is 2.14. The quantitative estimate of drug-likeness (QED) is 0.425. The first-order valence-corrected chi connectivity index (χ1v) is 11.3. The maximum Gasteiger partial charge on any atom is 0.236 e. The molecule has 0 aliphatic rings. The van der Waals surface area contributed by atoms with Crippen LogP contribution < -0.4 is 5.32 Å². The van der Waals surface area contributed by atoms with Crippen LogP contribution in [0.25, 0.3) is 10.2 Å². The van der Waals surface area contributed by atoms with Crippen LogP contribution in [0.2, 0.25) is 0 Å². The lowest BCUT2D eigenvalue weighted by Crippen LogP contribution is -2.14. The van der Waals surface area contributed by atoms with Crippen LogP contribution in [0, 0.1) is 0 Å². The summed E-state index contributed by atoms with van der Waals surface area (Å²) < 4.78 is 3.14. The van der Waals surface area contributed by atoms with Crippen LogP contribution in [0.3, 0.4) is 0 Å². The number of carbonyl (C=O) groups is 1. The van der Waals surface area contributed by atoms with Crippen molar-refractivity contribution in [2.45, 2.75) is 31.5 Å². The van der Waals surface area contributed by atoms with E-state index in [9.17, 15) is 4.79 Å². The summed E-state index contributed by atoms with van der Waals surface area (Å²) in [4.78, 5) is 16.8. The Morgan fingerprint density at radius 2 is 1.86 bits per heavy atom. The zero-order valence-corrected chi connectivity index (χ0v) is 17.7. The van der Waals surface area contributed by atoms with Crippen molar-refractivity contribution in [2.75, 3.05) is 11.1 Å². The molecule has 0 saturated carbocycles. The lowest BCUT2D eigenvalue weighted by atomic mass is 10.1. The Morgan fingerprint density at radius 3 is 2.66 bits per heavy atom. The van der Waals surface area contributed by atoms with Gasteiger partial charge in [-0.05, 0) is 31.0 Å². The van der Waals surface area contributed by atoms with Crippen LogP contribution in [-0.2, 0) is 24.2 Å². The minimum absolute atomic E-state index is 0.0921. The third kappa shape index (κ3) is 4.83. The van der Waals surface area contributed by atoms with Crippen molar-refractivity contribution in [1.82, 2.24) is 19.7 Å². The number of anilines is 1. The molecule has 4 rings (SSSR count). The van der Waals surface area contributed by atoms with Gasteiger partial charge in [0, 0.05) is 13.0 Å². The fourth-order valence-corrected chi connectivity index (χ4v) is 4.74. The van der Waals surface area contributed by atoms with Crippen molar-refractivity contribution in [3.05, 3.63) is 66.0 Å². The molecule has 0 unspecified atom stereocenters. The van der Waals surface area contributed by atoms with Gasteiger partial charge in [0.15, 0.2) is 10.3 Å². The molecule has 4 aromatic rings. The van der Waals surface area contributed by atoms with Gasteiger partial charge in [0.05, 0.1) is 16.0 Å². The van der Waals surface area contributed by atoms with Crippen LogP contribution in [0.15, 0.2) is 59.8 Å². The average molecular weight is 424 g/mol. The van der Waals surface area contributed by atoms with Gasteiger partial charge in [-0.25, -0.2) is 4.98 Å². The highest BCUT2D eigenvalue weighted by atomic mass is 32.2. The van der Waals surface area contributed by atoms with Gasteiger partial charge in [-0.3, -0.25) is 4.79 Å². The SMILES string of the molecule is CCn1c(CCc2ccccc2)nnc1SCC(=O)Nc1nc2ccccc2s1. The molecule has 0 saturated heterocycles. The van der Waals surface area contributed by atoms with Crippen molar-refractivity contribution < 1.29 is 4.79 Å². The number of thiazole rings is 1. The smallest absolute Gasteiger partial charge is 0.236 e. The van der Waals surface area contributed by atoms with E-state index in [1.165, 1.54) is 28.7 Å². The summed E-state index contributed by atoms with van der Waals surface area (Å²) in [5.74, 6) is 1.13. The summed E-state index contributed by atoms with van der Waals surface area (Å²) in [6.45, 7) is 2.85. The van der Waals surface area contributed by atoms with Crippen molar-refractivity contribution in [3.63, 3.8) is 0 Å². The molecular weight excluding hydrogens is 402 g/mol. The number of aromatic nitrogens is 4. The van der Waals surface area contributed by atoms with Crippen LogP contribution in [0.5, 0.6) is 0 Å². The van der Waals surface area contributed by atoms with Crippen LogP contribution in [-0.4, -0.2) is 31.4 Å². The molecule has 0 atom stereocenters. The fourth-order valence-electron chi connectivity index (χ4n) is 3.04. The maximum absolute atomic E-state index is 12.4. The lowest BCUT2D eigenvalue weighted by Gasteiger charge is -2.07. The molecule has 2 aromatic carbocycles. The Labute approximate surface area is 177 Å². The Hall–Kier alpha value is -2.71. The molecule has 0 bridgehead atoms. The van der Waals surface area contributed by atoms with E-state index in [0.29, 0.717) is 5.13 Å². The van der Waals surface area contributed by atoms with Gasteiger partial charge >= 0.3 is 0 Å². The number of hydrogen-bond donors (Lipinski definition) is 1. The van der Waals surface area contributed by atoms with Crippen molar-refractivity contribution in [1.29, 1.82) is 0 Å². The second-order valence-corrected chi connectivity index (χ2v) is 8.43. The molecular formula is C21H21N5OS2. The summed E-state index contributed by atoms with van der Waals surface area (Å²) in [5, 5.41) is 12.9. The van der Waals surface area contributed by atoms with Gasteiger partial charge < -0.3 is 9.88 Å². The number of thioether (sulfide) groups is 1. The molecule has 2 heterocycles. The number of fused-ring (bicyclic) bond motifs is 1. The molecule has 0 aliphatic carbocycles. The summed E-state index contributed by atoms with van der Waals surface area (Å²) in [7, 11) is 0. The molecule has 0 aliphatic heterocycles. The molecule has 1 N–H and O–H groups in total. The fraction of sp³-hybridized carbons (Fsp3) is 0.238. The Morgan fingerprint density at radius 1 is 1.07 bits per heavy atom. The highest BCUT2D eigenvalue weighted by Crippen LogP contribution is 2.26. The molecule has 0 spiro atoms. The van der Waals surface area contributed by atoms with Gasteiger partial charge in [-0.15, -0.1) is 10.2 Å². The van der Waals surface area contributed by atoms with Gasteiger partial charge in [-0.1, -0.05) is 65.6 Å². The number of hydrogen-bond acceptors (Lipinski definition) is 6. The van der Waals surface area contributed by atoms with E-state index in [4.69, 9.17) is 0 Å². The number of benzene rings is 2. The van der Waals surface area contributed by atoms with E-state index in [1.54, 1.807) is 0 Å². The second-order valence-electron chi connectivity index (χ2n) is 6.45. The molecule has 148 valence electrons. The Bertz CT molecular complexity index is 1070. The van der Waals surface area contributed by atoms with Gasteiger partial charge in [0.25, 0.3) is 0 Å². The topological polar surface area (TPSA) is 72.7 Å². The van der Waals surface area contributed by atoms with E-state index in [-0.39, 0.29) is 11.7 Å². The minimum Gasteiger partial charge on any atom is -0.306 e. The van der Waals surface area contributed by atoms with Crippen LogP contribution >= 0.6 is 23.1 Å². The van der Waals surface area contributed by atoms with E-state index in [0.717, 1.165) is 40.6 Å². The predicted molar refractivity (Wildman–Crippen MR) is 119 cm³/mol. The standard InChI is InChI=1S/C21H21N5OS2/c1-2-26-18(13-12-15-8-4-3-5-9-15)24-25-21(26)28-14-19(27)23-20-22-16-10-6-7-11-17(16)29-20/h3-11H,2,12-14H2,1H3,(H,22,23,27). The van der Waals surface area contributed by atoms with Crippen molar-refractivity contribution in [2.24, 2.45) is 0 Å². The van der Waals surface area contributed by atoms with Gasteiger partial charge in [0.1, 0.15) is 5.82 Å². The monoisotopic (exact) mass is 423 g/mol. The molecule has 29 heavy (non-hydrogen) atoms. The molecule has 0 radical (unpaired) electrons. The largest absolute Gasteiger partial charge is 0.306 e. The number of para-hydroxylation sites is 1. The number of amides is 1. The first kappa shape index (κ1) is 19.6. The number of carbonyl (C=O) groups excluding carboxylic acids is 1. The minimum atomic E-state index is -0.0921. The number of nitrogens with one attached hydrogen (secondary N) is 1. The second kappa shape index (κ2) is 9.19. The van der Waals surface area contributed by atoms with Gasteiger partial charge in [-0.2, -0.15) is 0 Å². The van der Waals surface area contributed by atoms with Crippen molar-refractivity contribution >= 4 is 44.4 Å². The molecule has 0 fully saturated rings. The highest BCUT2D eigenvalue weighted by molar-refractivity contribution is 7.99. The first-order chi connectivity index (χ1) is 14.2. The van der Waals surface area contributed by atoms with Gasteiger partial charge in [0.2, 0.25) is 5.91 Å². The molecule has 8 heteroatoms. The van der Waals surface area contributed by atoms with E-state index in [2.05, 4.69) is 44.1 Å². The summed E-state index contributed by atoms with van der Waals surface area (Å²) in [5.41, 5.74) is 2.18. The third-order valence-corrected chi connectivity index (χ3v) is 6.38. The Kier molecular flexibility index (Phi) is 6.21. The first-order valence-electron chi connectivity index (χ1n) is 9.47. The van der Waals surface area contributed by atoms with Crippen molar-refractivity contribution in [3.8, 4) is 0 Å². The molecule has 2 aromatic heterocycles. The number of aryl methyl sites for hydroxylation is 2. The predicted octanol–water partition coefficient (Wildman–Crippen LogP) is 4.42. The van der Waals surface area contributed by atoms with E-state index in [1.807, 2.05) is 42.5 Å². The zero-order valence-electron chi connectivity index (χ0n) is 16.0. The summed E-state index contributed by atoms with van der Waals surface area (Å²) in [6.07, 6.45) is 1.74. The normalized spacial score (nSPS) is 11.1. The van der Waals surface area contributed by atoms with Crippen LogP contribution in [0.1, 0.15) is 18.3 Å².